The van der Waals surface area contributed by atoms with Gasteiger partial charge in [0, 0.05) is 24.0 Å². The van der Waals surface area contributed by atoms with Crippen LogP contribution in [-0.2, 0) is 46.1 Å². The Hall–Kier alpha value is -2.44. The van der Waals surface area contributed by atoms with Gasteiger partial charge >= 0.3 is 13.3 Å². The van der Waals surface area contributed by atoms with Crippen molar-refractivity contribution in [1.82, 2.24) is 18.7 Å². The number of nitrogens with zero attached hydrogens (tertiary/aromatic N) is 4. The third-order valence-corrected chi connectivity index (χ3v) is 10.8. The van der Waals surface area contributed by atoms with Gasteiger partial charge < -0.3 is 13.6 Å². The van der Waals surface area contributed by atoms with E-state index in [0.29, 0.717) is 62.6 Å². The van der Waals surface area contributed by atoms with Crippen molar-refractivity contribution in [1.29, 1.82) is 0 Å². The lowest BCUT2D eigenvalue weighted by molar-refractivity contribution is 0.219. The quantitative estimate of drug-likeness (QED) is 0.110. The number of terminal acetylenes is 1. The SMILES string of the molecule is C#CCn1c(=O)c2c(nc(CCc3ccccc3Br)n2CC2CCCCC2)n(CCCCP(=O)(OCC)OCC)c1=O. The molecule has 3 aromatic rings. The highest BCUT2D eigenvalue weighted by Gasteiger charge is 2.25. The summed E-state index contributed by atoms with van der Waals surface area (Å²) in [5.74, 6) is 3.73. The van der Waals surface area contributed by atoms with E-state index in [0.717, 1.165) is 39.7 Å². The third kappa shape index (κ3) is 7.74. The molecule has 0 spiro atoms. The van der Waals surface area contributed by atoms with E-state index in [4.69, 9.17) is 20.5 Å². The molecule has 0 N–H and O–H groups in total. The fourth-order valence-corrected chi connectivity index (χ4v) is 8.08. The number of unbranched alkanes of at least 4 members (excludes halogenated alkanes) is 1. The van der Waals surface area contributed by atoms with Crippen LogP contribution in [0.3, 0.4) is 0 Å². The van der Waals surface area contributed by atoms with Gasteiger partial charge in [-0.05, 0) is 63.5 Å². The lowest BCUT2D eigenvalue weighted by Crippen LogP contribution is -2.40. The van der Waals surface area contributed by atoms with Crippen molar-refractivity contribution in [3.05, 3.63) is 61.0 Å². The zero-order valence-electron chi connectivity index (χ0n) is 24.7. The smallest absolute Gasteiger partial charge is 0.322 e. The maximum Gasteiger partial charge on any atom is 0.333 e. The Morgan fingerprint density at radius 1 is 1.02 bits per heavy atom. The summed E-state index contributed by atoms with van der Waals surface area (Å²) in [5.41, 5.74) is 1.13. The van der Waals surface area contributed by atoms with Crippen molar-refractivity contribution in [3.63, 3.8) is 0 Å². The summed E-state index contributed by atoms with van der Waals surface area (Å²) < 4.78 is 29.6. The van der Waals surface area contributed by atoms with Crippen LogP contribution in [0, 0.1) is 18.3 Å². The van der Waals surface area contributed by atoms with Gasteiger partial charge in [0.25, 0.3) is 5.56 Å². The van der Waals surface area contributed by atoms with Gasteiger partial charge in [-0.2, -0.15) is 0 Å². The summed E-state index contributed by atoms with van der Waals surface area (Å²) in [6.07, 6.45) is 14.1. The molecule has 0 unspecified atom stereocenters. The second-order valence-corrected chi connectivity index (χ2v) is 13.9. The summed E-state index contributed by atoms with van der Waals surface area (Å²) in [6.45, 7) is 5.06. The highest BCUT2D eigenvalue weighted by molar-refractivity contribution is 9.10. The first-order valence-corrected chi connectivity index (χ1v) is 17.6. The molecule has 0 bridgehead atoms. The van der Waals surface area contributed by atoms with Gasteiger partial charge in [-0.15, -0.1) is 6.42 Å². The van der Waals surface area contributed by atoms with Crippen LogP contribution in [0.5, 0.6) is 0 Å². The van der Waals surface area contributed by atoms with Crippen molar-refractivity contribution in [2.45, 2.75) is 91.3 Å². The Kier molecular flexibility index (Phi) is 11.9. The first kappa shape index (κ1) is 32.5. The second-order valence-electron chi connectivity index (χ2n) is 10.8. The lowest BCUT2D eigenvalue weighted by Gasteiger charge is -2.23. The van der Waals surface area contributed by atoms with E-state index in [1.165, 1.54) is 19.3 Å². The van der Waals surface area contributed by atoms with Gasteiger partial charge in [-0.25, -0.2) is 14.3 Å². The van der Waals surface area contributed by atoms with E-state index in [2.05, 4.69) is 32.5 Å². The van der Waals surface area contributed by atoms with E-state index in [1.807, 2.05) is 18.2 Å². The predicted molar refractivity (Wildman–Crippen MR) is 170 cm³/mol. The zero-order valence-corrected chi connectivity index (χ0v) is 27.2. The zero-order chi connectivity index (χ0) is 30.1. The number of imidazole rings is 1. The fraction of sp³-hybridized carbons (Fsp3) is 0.581. The molecule has 1 saturated carbocycles. The van der Waals surface area contributed by atoms with E-state index in [-0.39, 0.29) is 12.7 Å². The van der Waals surface area contributed by atoms with Crippen molar-refractivity contribution < 1.29 is 13.6 Å². The van der Waals surface area contributed by atoms with E-state index in [1.54, 1.807) is 18.4 Å². The van der Waals surface area contributed by atoms with Crippen LogP contribution in [0.15, 0.2) is 38.3 Å². The molecule has 1 aliphatic carbocycles. The molecule has 4 rings (SSSR count). The van der Waals surface area contributed by atoms with E-state index >= 15 is 0 Å². The van der Waals surface area contributed by atoms with Crippen LogP contribution in [0.2, 0.25) is 0 Å². The summed E-state index contributed by atoms with van der Waals surface area (Å²) in [7, 11) is -3.19. The number of fused-ring (bicyclic) bond motifs is 1. The summed E-state index contributed by atoms with van der Waals surface area (Å²) in [5, 5.41) is 0. The Bertz CT molecular complexity index is 1550. The molecule has 42 heavy (non-hydrogen) atoms. The van der Waals surface area contributed by atoms with Crippen LogP contribution in [-0.4, -0.2) is 38.1 Å². The number of hydrogen-bond acceptors (Lipinski definition) is 6. The molecule has 2 aromatic heterocycles. The van der Waals surface area contributed by atoms with Crippen LogP contribution < -0.4 is 11.2 Å². The van der Waals surface area contributed by atoms with Crippen LogP contribution in [0.1, 0.15) is 70.2 Å². The highest BCUT2D eigenvalue weighted by atomic mass is 79.9. The van der Waals surface area contributed by atoms with Gasteiger partial charge in [0.05, 0.1) is 25.9 Å². The Labute approximate surface area is 256 Å². The van der Waals surface area contributed by atoms with E-state index in [9.17, 15) is 14.2 Å². The monoisotopic (exact) mass is 660 g/mol. The predicted octanol–water partition coefficient (Wildman–Crippen LogP) is 6.17. The summed E-state index contributed by atoms with van der Waals surface area (Å²) in [4.78, 5) is 32.4. The summed E-state index contributed by atoms with van der Waals surface area (Å²) in [6, 6.07) is 8.10. The molecule has 0 aliphatic heterocycles. The van der Waals surface area contributed by atoms with Gasteiger partial charge in [0.2, 0.25) is 0 Å². The Morgan fingerprint density at radius 3 is 2.40 bits per heavy atom. The maximum atomic E-state index is 13.8. The van der Waals surface area contributed by atoms with Gasteiger partial charge in [0.15, 0.2) is 11.2 Å². The Morgan fingerprint density at radius 2 is 1.74 bits per heavy atom. The van der Waals surface area contributed by atoms with E-state index < -0.39 is 18.8 Å². The fourth-order valence-electron chi connectivity index (χ4n) is 5.87. The van der Waals surface area contributed by atoms with Crippen LogP contribution in [0.4, 0.5) is 0 Å². The molecule has 0 amide bonds. The van der Waals surface area contributed by atoms with Crippen molar-refractivity contribution in [2.75, 3.05) is 19.4 Å². The number of rotatable bonds is 15. The molecule has 2 heterocycles. The average Bonchev–Trinajstić information content (AvgIpc) is 3.33. The molecule has 9 nitrogen and oxygen atoms in total. The lowest BCUT2D eigenvalue weighted by atomic mass is 9.89. The maximum absolute atomic E-state index is 13.8. The van der Waals surface area contributed by atoms with Crippen molar-refractivity contribution in [3.8, 4) is 12.3 Å². The first-order chi connectivity index (χ1) is 20.3. The Balaban J connectivity index is 1.73. The molecule has 0 atom stereocenters. The number of halogens is 1. The molecule has 0 radical (unpaired) electrons. The standard InChI is InChI=1S/C31H42BrN4O5P/c1-4-20-35-30(37)28-29(34(31(35)38)21-12-13-22-42(39,40-5-2)41-6-3)33-27(19-18-25-16-10-11-17-26(25)32)36(28)23-24-14-8-7-9-15-24/h1,10-11,16-17,24H,5-9,12-15,18-23H2,2-3H3. The number of benzene rings is 1. The van der Waals surface area contributed by atoms with Crippen molar-refractivity contribution in [2.24, 2.45) is 5.92 Å². The molecule has 228 valence electrons. The molecular weight excluding hydrogens is 619 g/mol. The molecule has 1 fully saturated rings. The highest BCUT2D eigenvalue weighted by Crippen LogP contribution is 2.48. The van der Waals surface area contributed by atoms with Crippen LogP contribution in [0.25, 0.3) is 11.2 Å². The molecule has 1 aromatic carbocycles. The molecule has 11 heteroatoms. The minimum Gasteiger partial charge on any atom is -0.322 e. The number of aryl methyl sites for hydroxylation is 3. The van der Waals surface area contributed by atoms with Crippen LogP contribution >= 0.6 is 23.5 Å². The molecular formula is C31H42BrN4O5P. The normalized spacial score (nSPS) is 14.4. The molecule has 0 saturated heterocycles. The van der Waals surface area contributed by atoms with Gasteiger partial charge in [-0.3, -0.25) is 13.9 Å². The average molecular weight is 662 g/mol. The number of aromatic nitrogens is 4. The summed E-state index contributed by atoms with van der Waals surface area (Å²) >= 11 is 3.65. The second kappa shape index (κ2) is 15.3. The topological polar surface area (TPSA) is 97.3 Å². The van der Waals surface area contributed by atoms with Gasteiger partial charge in [0.1, 0.15) is 5.82 Å². The minimum absolute atomic E-state index is 0.113. The molecule has 1 aliphatic rings. The van der Waals surface area contributed by atoms with Crippen molar-refractivity contribution >= 4 is 34.7 Å². The first-order valence-electron chi connectivity index (χ1n) is 15.1. The third-order valence-electron chi connectivity index (χ3n) is 7.90. The number of hydrogen-bond donors (Lipinski definition) is 0. The van der Waals surface area contributed by atoms with Gasteiger partial charge in [-0.1, -0.05) is 59.3 Å². The largest absolute Gasteiger partial charge is 0.333 e. The minimum atomic E-state index is -3.19.